The van der Waals surface area contributed by atoms with Gasteiger partial charge in [0.25, 0.3) is 0 Å². The molecule has 1 heterocycles. The van der Waals surface area contributed by atoms with E-state index in [-0.39, 0.29) is 17.9 Å². The zero-order valence-electron chi connectivity index (χ0n) is 13.5. The van der Waals surface area contributed by atoms with Crippen molar-refractivity contribution in [1.82, 2.24) is 15.3 Å². The number of allylic oxidation sites excluding steroid dienone is 3. The second-order valence-corrected chi connectivity index (χ2v) is 7.19. The summed E-state index contributed by atoms with van der Waals surface area (Å²) in [5, 5.41) is 3.17. The molecule has 1 amide bonds. The largest absolute Gasteiger partial charge is 0.345 e. The first-order chi connectivity index (χ1) is 11.5. The number of para-hydroxylation sites is 2. The number of nitrogens with one attached hydrogen (secondary N) is 2. The molecular formula is C18H19Cl2N3O. The topological polar surface area (TPSA) is 57.8 Å². The highest BCUT2D eigenvalue weighted by Gasteiger charge is 2.29. The number of halogens is 2. The number of aromatic amines is 1. The molecule has 0 saturated carbocycles. The second kappa shape index (κ2) is 6.99. The standard InChI is InChI=1S/C18H19Cl2N3O/c1-10(2)16(17-21-14-5-3-4-6-15(14)22-17)23-18(24)12-8-7-11(19)9-13(12)20/h3-10,12-13,16H,1-2H3,(H,21,22)(H,23,24)/t12-,13-,16-/m0/s1. The van der Waals surface area contributed by atoms with Crippen LogP contribution >= 0.6 is 23.2 Å². The summed E-state index contributed by atoms with van der Waals surface area (Å²) in [6, 6.07) is 7.59. The predicted octanol–water partition coefficient (Wildman–Crippen LogP) is 4.29. The molecule has 0 bridgehead atoms. The molecule has 0 saturated heterocycles. The van der Waals surface area contributed by atoms with Crippen molar-refractivity contribution in [2.45, 2.75) is 25.3 Å². The molecular weight excluding hydrogens is 345 g/mol. The Morgan fingerprint density at radius 3 is 2.75 bits per heavy atom. The van der Waals surface area contributed by atoms with Crippen molar-refractivity contribution in [2.75, 3.05) is 0 Å². The second-order valence-electron chi connectivity index (χ2n) is 6.25. The van der Waals surface area contributed by atoms with Gasteiger partial charge in [-0.15, -0.1) is 11.6 Å². The van der Waals surface area contributed by atoms with Crippen LogP contribution in [0.4, 0.5) is 0 Å². The smallest absolute Gasteiger partial charge is 0.229 e. The van der Waals surface area contributed by atoms with Gasteiger partial charge in [0.2, 0.25) is 5.91 Å². The molecule has 126 valence electrons. The monoisotopic (exact) mass is 363 g/mol. The molecule has 1 aliphatic carbocycles. The maximum Gasteiger partial charge on any atom is 0.229 e. The van der Waals surface area contributed by atoms with Crippen LogP contribution in [0, 0.1) is 11.8 Å². The average molecular weight is 364 g/mol. The van der Waals surface area contributed by atoms with E-state index in [0.29, 0.717) is 5.03 Å². The van der Waals surface area contributed by atoms with Gasteiger partial charge in [-0.3, -0.25) is 4.79 Å². The van der Waals surface area contributed by atoms with Gasteiger partial charge >= 0.3 is 0 Å². The molecule has 4 nitrogen and oxygen atoms in total. The van der Waals surface area contributed by atoms with Gasteiger partial charge in [-0.1, -0.05) is 43.7 Å². The van der Waals surface area contributed by atoms with Gasteiger partial charge < -0.3 is 10.3 Å². The molecule has 2 aromatic rings. The van der Waals surface area contributed by atoms with Crippen LogP contribution in [0.1, 0.15) is 25.7 Å². The quantitative estimate of drug-likeness (QED) is 0.795. The molecule has 1 aromatic heterocycles. The zero-order chi connectivity index (χ0) is 17.3. The molecule has 2 N–H and O–H groups in total. The average Bonchev–Trinajstić information content (AvgIpc) is 2.95. The summed E-state index contributed by atoms with van der Waals surface area (Å²) in [5.74, 6) is 0.347. The summed E-state index contributed by atoms with van der Waals surface area (Å²) in [7, 11) is 0. The van der Waals surface area contributed by atoms with Crippen molar-refractivity contribution in [3.63, 3.8) is 0 Å². The van der Waals surface area contributed by atoms with Gasteiger partial charge in [0, 0.05) is 5.03 Å². The van der Waals surface area contributed by atoms with Crippen molar-refractivity contribution in [2.24, 2.45) is 11.8 Å². The SMILES string of the molecule is CC(C)[C@H](NC(=O)[C@H]1C=CC(Cl)=C[C@@H]1Cl)c1nc2ccccc2[nH]1. The van der Waals surface area contributed by atoms with E-state index in [4.69, 9.17) is 23.2 Å². The van der Waals surface area contributed by atoms with Crippen molar-refractivity contribution in [3.8, 4) is 0 Å². The number of H-pyrrole nitrogens is 1. The molecule has 3 rings (SSSR count). The number of benzene rings is 1. The lowest BCUT2D eigenvalue weighted by Gasteiger charge is -2.25. The summed E-state index contributed by atoms with van der Waals surface area (Å²) < 4.78 is 0. The van der Waals surface area contributed by atoms with Crippen LogP contribution in [0.15, 0.2) is 47.5 Å². The zero-order valence-corrected chi connectivity index (χ0v) is 15.0. The van der Waals surface area contributed by atoms with Crippen LogP contribution in [-0.4, -0.2) is 21.3 Å². The third-order valence-electron chi connectivity index (χ3n) is 4.09. The van der Waals surface area contributed by atoms with Crippen molar-refractivity contribution in [3.05, 3.63) is 53.4 Å². The third-order valence-corrected chi connectivity index (χ3v) is 4.74. The van der Waals surface area contributed by atoms with Crippen LogP contribution in [0.25, 0.3) is 11.0 Å². The fourth-order valence-electron chi connectivity index (χ4n) is 2.77. The van der Waals surface area contributed by atoms with Crippen LogP contribution in [0.3, 0.4) is 0 Å². The van der Waals surface area contributed by atoms with E-state index in [1.807, 2.05) is 38.1 Å². The first kappa shape index (κ1) is 17.1. The molecule has 0 radical (unpaired) electrons. The Morgan fingerprint density at radius 1 is 1.33 bits per heavy atom. The Hall–Kier alpha value is -1.78. The van der Waals surface area contributed by atoms with E-state index in [1.165, 1.54) is 0 Å². The number of amides is 1. The number of alkyl halides is 1. The first-order valence-corrected chi connectivity index (χ1v) is 8.72. The number of carbonyl (C=O) groups excluding carboxylic acids is 1. The number of carbonyl (C=O) groups is 1. The Morgan fingerprint density at radius 2 is 2.08 bits per heavy atom. The number of imidazole rings is 1. The van der Waals surface area contributed by atoms with Crippen molar-refractivity contribution >= 4 is 40.1 Å². The number of aromatic nitrogens is 2. The van der Waals surface area contributed by atoms with Crippen LogP contribution in [0.2, 0.25) is 0 Å². The Bertz CT molecular complexity index is 776. The van der Waals surface area contributed by atoms with Gasteiger partial charge in [-0.05, 0) is 30.2 Å². The van der Waals surface area contributed by atoms with E-state index in [0.717, 1.165) is 16.9 Å². The summed E-state index contributed by atoms with van der Waals surface area (Å²) in [5.41, 5.74) is 1.84. The van der Waals surface area contributed by atoms with Gasteiger partial charge in [0.15, 0.2) is 0 Å². The number of fused-ring (bicyclic) bond motifs is 1. The number of rotatable bonds is 4. The third kappa shape index (κ3) is 3.50. The van der Waals surface area contributed by atoms with Crippen LogP contribution < -0.4 is 5.32 Å². The lowest BCUT2D eigenvalue weighted by Crippen LogP contribution is -2.39. The van der Waals surface area contributed by atoms with E-state index < -0.39 is 11.3 Å². The van der Waals surface area contributed by atoms with Crippen molar-refractivity contribution < 1.29 is 4.79 Å². The van der Waals surface area contributed by atoms with Gasteiger partial charge in [-0.25, -0.2) is 4.98 Å². The van der Waals surface area contributed by atoms with Gasteiger partial charge in [-0.2, -0.15) is 0 Å². The molecule has 0 aliphatic heterocycles. The molecule has 0 fully saturated rings. The van der Waals surface area contributed by atoms with Gasteiger partial charge in [0.05, 0.1) is 28.4 Å². The summed E-state index contributed by atoms with van der Waals surface area (Å²) >= 11 is 12.2. The number of hydrogen-bond donors (Lipinski definition) is 2. The maximum absolute atomic E-state index is 12.7. The van der Waals surface area contributed by atoms with E-state index in [9.17, 15) is 4.79 Å². The Labute approximate surface area is 150 Å². The lowest BCUT2D eigenvalue weighted by molar-refractivity contribution is -0.124. The minimum absolute atomic E-state index is 0.133. The normalized spacial score (nSPS) is 21.8. The van der Waals surface area contributed by atoms with Crippen LogP contribution in [-0.2, 0) is 4.79 Å². The van der Waals surface area contributed by atoms with Crippen LogP contribution in [0.5, 0.6) is 0 Å². The lowest BCUT2D eigenvalue weighted by atomic mass is 9.97. The minimum Gasteiger partial charge on any atom is -0.345 e. The van der Waals surface area contributed by atoms with E-state index >= 15 is 0 Å². The van der Waals surface area contributed by atoms with Crippen molar-refractivity contribution in [1.29, 1.82) is 0 Å². The molecule has 24 heavy (non-hydrogen) atoms. The Kier molecular flexibility index (Phi) is 4.97. The highest BCUT2D eigenvalue weighted by atomic mass is 35.5. The fraction of sp³-hybridized carbons (Fsp3) is 0.333. The van der Waals surface area contributed by atoms with E-state index in [1.54, 1.807) is 18.2 Å². The maximum atomic E-state index is 12.7. The highest BCUT2D eigenvalue weighted by molar-refractivity contribution is 6.33. The molecule has 1 aliphatic rings. The fourth-order valence-corrected chi connectivity index (χ4v) is 3.37. The molecule has 0 unspecified atom stereocenters. The highest BCUT2D eigenvalue weighted by Crippen LogP contribution is 2.27. The van der Waals surface area contributed by atoms with E-state index in [2.05, 4.69) is 15.3 Å². The summed E-state index contributed by atoms with van der Waals surface area (Å²) in [6.07, 6.45) is 5.13. The number of nitrogens with zero attached hydrogens (tertiary/aromatic N) is 1. The summed E-state index contributed by atoms with van der Waals surface area (Å²) in [4.78, 5) is 20.6. The molecule has 6 heteroatoms. The first-order valence-electron chi connectivity index (χ1n) is 7.90. The summed E-state index contributed by atoms with van der Waals surface area (Å²) in [6.45, 7) is 4.09. The Balaban J connectivity index is 1.82. The molecule has 1 aromatic carbocycles. The number of hydrogen-bond acceptors (Lipinski definition) is 2. The molecule has 0 spiro atoms. The minimum atomic E-state index is -0.453. The predicted molar refractivity (Wildman–Crippen MR) is 98.0 cm³/mol. The molecule has 3 atom stereocenters. The van der Waals surface area contributed by atoms with Gasteiger partial charge in [0.1, 0.15) is 5.82 Å².